The van der Waals surface area contributed by atoms with Gasteiger partial charge in [0, 0.05) is 17.1 Å². The number of carbonyl (C=O) groups excluding carboxylic acids is 1. The molecule has 23 heavy (non-hydrogen) atoms. The lowest BCUT2D eigenvalue weighted by Crippen LogP contribution is -2.22. The quantitative estimate of drug-likeness (QED) is 0.778. The number of rotatable bonds is 4. The monoisotopic (exact) mass is 347 g/mol. The van der Waals surface area contributed by atoms with Crippen LogP contribution in [-0.2, 0) is 6.54 Å². The maximum atomic E-state index is 13.0. The molecule has 3 rings (SSSR count). The third-order valence-corrected chi connectivity index (χ3v) is 4.30. The third kappa shape index (κ3) is 3.55. The van der Waals surface area contributed by atoms with Crippen LogP contribution in [0, 0.1) is 5.82 Å². The van der Waals surface area contributed by atoms with Gasteiger partial charge in [-0.05, 0) is 47.4 Å². The molecular weight excluding hydrogens is 337 g/mol. The molecule has 116 valence electrons. The Kier molecular flexibility index (Phi) is 4.64. The van der Waals surface area contributed by atoms with E-state index in [4.69, 9.17) is 11.6 Å². The van der Waals surface area contributed by atoms with Crippen LogP contribution in [0.4, 0.5) is 4.39 Å². The summed E-state index contributed by atoms with van der Waals surface area (Å²) in [6.07, 6.45) is 0. The third-order valence-electron chi connectivity index (χ3n) is 3.21. The number of aromatic nitrogens is 2. The molecular formula is C16H11ClFN3OS. The molecule has 3 aromatic rings. The van der Waals surface area contributed by atoms with E-state index >= 15 is 0 Å². The smallest absolute Gasteiger partial charge is 0.265 e. The van der Waals surface area contributed by atoms with Crippen LogP contribution in [0.1, 0.15) is 15.2 Å². The fourth-order valence-corrected chi connectivity index (χ4v) is 2.84. The zero-order valence-electron chi connectivity index (χ0n) is 11.8. The van der Waals surface area contributed by atoms with Crippen molar-refractivity contribution < 1.29 is 9.18 Å². The molecule has 0 aliphatic heterocycles. The standard InChI is InChI=1S/C16H11ClFN3OS/c17-13-4-2-1-3-11(13)9-19-16(22)15-14(20-21-23-15)10-5-7-12(18)8-6-10/h1-8H,9H2,(H,19,22). The predicted octanol–water partition coefficient (Wildman–Crippen LogP) is 3.93. The van der Waals surface area contributed by atoms with E-state index in [0.29, 0.717) is 27.7 Å². The molecule has 0 bridgehead atoms. The van der Waals surface area contributed by atoms with Gasteiger partial charge in [0.05, 0.1) is 0 Å². The van der Waals surface area contributed by atoms with E-state index in [9.17, 15) is 9.18 Å². The van der Waals surface area contributed by atoms with E-state index in [-0.39, 0.29) is 11.7 Å². The highest BCUT2D eigenvalue weighted by Gasteiger charge is 2.17. The fourth-order valence-electron chi connectivity index (χ4n) is 2.03. The summed E-state index contributed by atoms with van der Waals surface area (Å²) in [5.74, 6) is -0.638. The SMILES string of the molecule is O=C(NCc1ccccc1Cl)c1snnc1-c1ccc(F)cc1. The molecule has 0 aliphatic carbocycles. The van der Waals surface area contributed by atoms with E-state index in [1.165, 1.54) is 12.1 Å². The van der Waals surface area contributed by atoms with Crippen molar-refractivity contribution in [2.24, 2.45) is 0 Å². The van der Waals surface area contributed by atoms with E-state index in [2.05, 4.69) is 14.9 Å². The Labute approximate surface area is 141 Å². The van der Waals surface area contributed by atoms with Crippen LogP contribution in [-0.4, -0.2) is 15.5 Å². The number of nitrogens with zero attached hydrogens (tertiary/aromatic N) is 2. The highest BCUT2D eigenvalue weighted by molar-refractivity contribution is 7.08. The molecule has 0 fully saturated rings. The Balaban J connectivity index is 1.77. The summed E-state index contributed by atoms with van der Waals surface area (Å²) in [6, 6.07) is 13.1. The lowest BCUT2D eigenvalue weighted by molar-refractivity contribution is 0.0955. The van der Waals surface area contributed by atoms with Crippen LogP contribution in [0.2, 0.25) is 5.02 Å². The number of carbonyl (C=O) groups is 1. The Morgan fingerprint density at radius 3 is 2.65 bits per heavy atom. The highest BCUT2D eigenvalue weighted by Crippen LogP contribution is 2.24. The van der Waals surface area contributed by atoms with Crippen LogP contribution in [0.25, 0.3) is 11.3 Å². The van der Waals surface area contributed by atoms with Gasteiger partial charge in [-0.15, -0.1) is 5.10 Å². The second-order valence-corrected chi connectivity index (χ2v) is 5.89. The average Bonchev–Trinajstić information content (AvgIpc) is 3.04. The molecule has 7 heteroatoms. The Morgan fingerprint density at radius 2 is 1.91 bits per heavy atom. The van der Waals surface area contributed by atoms with Crippen LogP contribution in [0.5, 0.6) is 0 Å². The van der Waals surface area contributed by atoms with Gasteiger partial charge in [-0.1, -0.05) is 34.3 Å². The zero-order valence-corrected chi connectivity index (χ0v) is 13.4. The number of benzene rings is 2. The number of amides is 1. The topological polar surface area (TPSA) is 54.9 Å². The van der Waals surface area contributed by atoms with Gasteiger partial charge in [-0.3, -0.25) is 4.79 Å². The summed E-state index contributed by atoms with van der Waals surface area (Å²) >= 11 is 7.06. The summed E-state index contributed by atoms with van der Waals surface area (Å²) in [4.78, 5) is 12.7. The lowest BCUT2D eigenvalue weighted by atomic mass is 10.1. The number of halogens is 2. The number of nitrogens with one attached hydrogen (secondary N) is 1. The maximum Gasteiger partial charge on any atom is 0.265 e. The molecule has 1 heterocycles. The molecule has 0 radical (unpaired) electrons. The molecule has 4 nitrogen and oxygen atoms in total. The first-order chi connectivity index (χ1) is 11.1. The molecule has 0 saturated heterocycles. The number of hydrogen-bond donors (Lipinski definition) is 1. The molecule has 0 spiro atoms. The van der Waals surface area contributed by atoms with Gasteiger partial charge in [0.15, 0.2) is 0 Å². The second kappa shape index (κ2) is 6.85. The van der Waals surface area contributed by atoms with Crippen molar-refractivity contribution in [3.63, 3.8) is 0 Å². The van der Waals surface area contributed by atoms with E-state index in [1.807, 2.05) is 18.2 Å². The first-order valence-corrected chi connectivity index (χ1v) is 7.90. The first-order valence-electron chi connectivity index (χ1n) is 6.75. The van der Waals surface area contributed by atoms with E-state index in [1.54, 1.807) is 18.2 Å². The van der Waals surface area contributed by atoms with Crippen LogP contribution < -0.4 is 5.32 Å². The van der Waals surface area contributed by atoms with Gasteiger partial charge in [0.25, 0.3) is 5.91 Å². The molecule has 0 aliphatic rings. The Hall–Kier alpha value is -2.31. The first kappa shape index (κ1) is 15.6. The van der Waals surface area contributed by atoms with Crippen molar-refractivity contribution in [2.75, 3.05) is 0 Å². The van der Waals surface area contributed by atoms with Crippen molar-refractivity contribution in [3.05, 3.63) is 69.8 Å². The van der Waals surface area contributed by atoms with Gasteiger partial charge in [0.2, 0.25) is 0 Å². The van der Waals surface area contributed by atoms with Crippen LogP contribution in [0.3, 0.4) is 0 Å². The minimum atomic E-state index is -0.346. The highest BCUT2D eigenvalue weighted by atomic mass is 35.5. The summed E-state index contributed by atoms with van der Waals surface area (Å²) < 4.78 is 16.8. The lowest BCUT2D eigenvalue weighted by Gasteiger charge is -2.06. The summed E-state index contributed by atoms with van der Waals surface area (Å²) in [6.45, 7) is 0.305. The Bertz CT molecular complexity index is 835. The Morgan fingerprint density at radius 1 is 1.17 bits per heavy atom. The van der Waals surface area contributed by atoms with Gasteiger partial charge >= 0.3 is 0 Å². The van der Waals surface area contributed by atoms with Crippen molar-refractivity contribution >= 4 is 29.0 Å². The van der Waals surface area contributed by atoms with Crippen molar-refractivity contribution in [1.82, 2.24) is 14.9 Å². The second-order valence-electron chi connectivity index (χ2n) is 4.73. The molecule has 1 amide bonds. The van der Waals surface area contributed by atoms with Gasteiger partial charge in [-0.2, -0.15) is 0 Å². The van der Waals surface area contributed by atoms with Crippen LogP contribution in [0.15, 0.2) is 48.5 Å². The van der Waals surface area contributed by atoms with Gasteiger partial charge in [0.1, 0.15) is 16.4 Å². The maximum absolute atomic E-state index is 13.0. The van der Waals surface area contributed by atoms with Crippen molar-refractivity contribution in [1.29, 1.82) is 0 Å². The molecule has 0 atom stereocenters. The normalized spacial score (nSPS) is 10.5. The largest absolute Gasteiger partial charge is 0.347 e. The minimum Gasteiger partial charge on any atom is -0.347 e. The molecule has 1 aromatic heterocycles. The minimum absolute atomic E-state index is 0.292. The molecule has 2 aromatic carbocycles. The summed E-state index contributed by atoms with van der Waals surface area (Å²) in [5.41, 5.74) is 1.90. The van der Waals surface area contributed by atoms with Gasteiger partial charge in [-0.25, -0.2) is 4.39 Å². The number of hydrogen-bond acceptors (Lipinski definition) is 4. The molecule has 0 saturated carbocycles. The molecule has 1 N–H and O–H groups in total. The van der Waals surface area contributed by atoms with Gasteiger partial charge < -0.3 is 5.32 Å². The van der Waals surface area contributed by atoms with Crippen molar-refractivity contribution in [2.45, 2.75) is 6.54 Å². The van der Waals surface area contributed by atoms with Crippen molar-refractivity contribution in [3.8, 4) is 11.3 Å². The van der Waals surface area contributed by atoms with E-state index in [0.717, 1.165) is 17.1 Å². The molecule has 0 unspecified atom stereocenters. The van der Waals surface area contributed by atoms with Crippen LogP contribution >= 0.6 is 23.1 Å². The fraction of sp³-hybridized carbons (Fsp3) is 0.0625. The summed E-state index contributed by atoms with van der Waals surface area (Å²) in [7, 11) is 0. The zero-order chi connectivity index (χ0) is 16.2. The summed E-state index contributed by atoms with van der Waals surface area (Å²) in [5, 5.41) is 7.36. The predicted molar refractivity (Wildman–Crippen MR) is 87.9 cm³/mol. The van der Waals surface area contributed by atoms with E-state index < -0.39 is 0 Å². The average molecular weight is 348 g/mol.